The summed E-state index contributed by atoms with van der Waals surface area (Å²) in [6.45, 7) is 2.33. The van der Waals surface area contributed by atoms with Crippen LogP contribution in [0.5, 0.6) is 0 Å². The van der Waals surface area contributed by atoms with Crippen LogP contribution in [0.15, 0.2) is 24.4 Å². The highest BCUT2D eigenvalue weighted by Gasteiger charge is 2.13. The maximum atomic E-state index is 12.0. The average Bonchev–Trinajstić information content (AvgIpc) is 2.84. The van der Waals surface area contributed by atoms with Crippen molar-refractivity contribution in [1.29, 1.82) is 5.26 Å². The van der Waals surface area contributed by atoms with Crippen LogP contribution in [0, 0.1) is 31.9 Å². The van der Waals surface area contributed by atoms with E-state index in [4.69, 9.17) is 5.26 Å². The van der Waals surface area contributed by atoms with Gasteiger partial charge in [0.15, 0.2) is 0 Å². The normalized spacial score (nSPS) is 10.1. The molecule has 8 nitrogen and oxygen atoms in total. The number of carbonyl (C=O) groups is 1. The monoisotopic (exact) mass is 425 g/mol. The van der Waals surface area contributed by atoms with E-state index in [2.05, 4.69) is 33.0 Å². The van der Waals surface area contributed by atoms with Gasteiger partial charge in [0.05, 0.1) is 32.5 Å². The summed E-state index contributed by atoms with van der Waals surface area (Å²) in [6.07, 6.45) is 1.90. The molecule has 0 radical (unpaired) electrons. The highest BCUT2D eigenvalue weighted by atomic mass is 127. The largest absolute Gasteiger partial charge is 0.325 e. The van der Waals surface area contributed by atoms with Crippen LogP contribution < -0.4 is 5.32 Å². The van der Waals surface area contributed by atoms with Gasteiger partial charge in [0, 0.05) is 24.2 Å². The van der Waals surface area contributed by atoms with Gasteiger partial charge < -0.3 is 5.32 Å². The highest BCUT2D eigenvalue weighted by molar-refractivity contribution is 14.1. The fourth-order valence-corrected chi connectivity index (χ4v) is 2.32. The molecule has 1 aromatic heterocycles. The highest BCUT2D eigenvalue weighted by Crippen LogP contribution is 2.21. The van der Waals surface area contributed by atoms with Crippen molar-refractivity contribution in [3.8, 4) is 6.07 Å². The van der Waals surface area contributed by atoms with Gasteiger partial charge in [-0.25, -0.2) is 0 Å². The van der Waals surface area contributed by atoms with Gasteiger partial charge in [0.25, 0.3) is 5.69 Å². The van der Waals surface area contributed by atoms with E-state index in [0.29, 0.717) is 6.54 Å². The third-order valence-electron chi connectivity index (χ3n) is 3.20. The summed E-state index contributed by atoms with van der Waals surface area (Å²) in [4.78, 5) is 22.1. The molecule has 1 heterocycles. The first-order valence-electron chi connectivity index (χ1n) is 6.58. The van der Waals surface area contributed by atoms with Crippen LogP contribution in [0.4, 0.5) is 11.4 Å². The maximum Gasteiger partial charge on any atom is 0.270 e. The Morgan fingerprint density at radius 1 is 1.57 bits per heavy atom. The molecule has 1 N–H and O–H groups in total. The molecule has 2 rings (SSSR count). The third kappa shape index (κ3) is 4.04. The molecule has 1 amide bonds. The Morgan fingerprint density at radius 2 is 2.30 bits per heavy atom. The molecule has 118 valence electrons. The molecule has 0 aliphatic rings. The molecule has 0 atom stereocenters. The third-order valence-corrected chi connectivity index (χ3v) is 4.26. The first-order valence-corrected chi connectivity index (χ1v) is 7.66. The van der Waals surface area contributed by atoms with Crippen LogP contribution >= 0.6 is 22.6 Å². The molecule has 0 saturated carbocycles. The zero-order valence-electron chi connectivity index (χ0n) is 12.1. The SMILES string of the molecule is Cc1c(I)cnn1CCC(=O)Nc1ccc([N+](=O)[O-])cc1C#N. The number of nitrogens with zero attached hydrogens (tertiary/aromatic N) is 4. The van der Waals surface area contributed by atoms with Crippen molar-refractivity contribution in [2.24, 2.45) is 0 Å². The number of carbonyl (C=O) groups excluding carboxylic acids is 1. The minimum Gasteiger partial charge on any atom is -0.325 e. The number of hydrogen-bond donors (Lipinski definition) is 1. The number of hydrogen-bond acceptors (Lipinski definition) is 5. The van der Waals surface area contributed by atoms with Crippen molar-refractivity contribution in [2.45, 2.75) is 19.9 Å². The molecule has 0 fully saturated rings. The van der Waals surface area contributed by atoms with E-state index in [1.807, 2.05) is 13.0 Å². The van der Waals surface area contributed by atoms with Crippen molar-refractivity contribution < 1.29 is 9.72 Å². The number of aryl methyl sites for hydroxylation is 1. The van der Waals surface area contributed by atoms with Gasteiger partial charge in [-0.15, -0.1) is 0 Å². The fraction of sp³-hybridized carbons (Fsp3) is 0.214. The van der Waals surface area contributed by atoms with Crippen molar-refractivity contribution in [3.05, 3.63) is 49.3 Å². The van der Waals surface area contributed by atoms with Crippen LogP contribution in [-0.2, 0) is 11.3 Å². The van der Waals surface area contributed by atoms with Crippen LogP contribution in [-0.4, -0.2) is 20.6 Å². The number of aromatic nitrogens is 2. The predicted molar refractivity (Wildman–Crippen MR) is 90.7 cm³/mol. The second kappa shape index (κ2) is 7.19. The van der Waals surface area contributed by atoms with Crippen molar-refractivity contribution in [3.63, 3.8) is 0 Å². The number of halogens is 1. The summed E-state index contributed by atoms with van der Waals surface area (Å²) < 4.78 is 2.74. The van der Waals surface area contributed by atoms with E-state index >= 15 is 0 Å². The number of nitro groups is 1. The van der Waals surface area contributed by atoms with Crippen molar-refractivity contribution in [1.82, 2.24) is 9.78 Å². The number of nitro benzene ring substituents is 1. The Balaban J connectivity index is 2.04. The molecule has 0 aliphatic carbocycles. The Bertz CT molecular complexity index is 809. The molecule has 2 aromatic rings. The summed E-state index contributed by atoms with van der Waals surface area (Å²) in [7, 11) is 0. The lowest BCUT2D eigenvalue weighted by molar-refractivity contribution is -0.384. The molecule has 23 heavy (non-hydrogen) atoms. The number of rotatable bonds is 5. The molecule has 1 aromatic carbocycles. The van der Waals surface area contributed by atoms with Gasteiger partial charge in [0.2, 0.25) is 5.91 Å². The topological polar surface area (TPSA) is 114 Å². The maximum absolute atomic E-state index is 12.0. The second-order valence-electron chi connectivity index (χ2n) is 4.70. The Morgan fingerprint density at radius 3 is 2.87 bits per heavy atom. The summed E-state index contributed by atoms with van der Waals surface area (Å²) >= 11 is 2.16. The van der Waals surface area contributed by atoms with Crippen LogP contribution in [0.2, 0.25) is 0 Å². The number of anilines is 1. The van der Waals surface area contributed by atoms with Gasteiger partial charge in [0.1, 0.15) is 6.07 Å². The summed E-state index contributed by atoms with van der Waals surface area (Å²) in [5.74, 6) is -0.291. The minimum atomic E-state index is -0.589. The summed E-state index contributed by atoms with van der Waals surface area (Å²) in [5.41, 5.74) is 1.10. The first kappa shape index (κ1) is 16.9. The van der Waals surface area contributed by atoms with Crippen LogP contribution in [0.3, 0.4) is 0 Å². The van der Waals surface area contributed by atoms with Gasteiger partial charge in [-0.2, -0.15) is 10.4 Å². The molecule has 0 spiro atoms. The average molecular weight is 425 g/mol. The predicted octanol–water partition coefficient (Wildman–Crippen LogP) is 2.60. The number of amides is 1. The number of benzene rings is 1. The lowest BCUT2D eigenvalue weighted by Crippen LogP contribution is -2.16. The van der Waals surface area contributed by atoms with Crippen LogP contribution in [0.1, 0.15) is 17.7 Å². The molecular formula is C14H12IN5O3. The fourth-order valence-electron chi connectivity index (χ4n) is 1.92. The lowest BCUT2D eigenvalue weighted by Gasteiger charge is -2.08. The van der Waals surface area contributed by atoms with Crippen LogP contribution in [0.25, 0.3) is 0 Å². The Labute approximate surface area is 145 Å². The van der Waals surface area contributed by atoms with E-state index in [0.717, 1.165) is 15.3 Å². The molecule has 0 bridgehead atoms. The van der Waals surface area contributed by atoms with Gasteiger partial charge in [-0.3, -0.25) is 19.6 Å². The van der Waals surface area contributed by atoms with E-state index < -0.39 is 4.92 Å². The summed E-state index contributed by atoms with van der Waals surface area (Å²) in [5, 5.41) is 26.5. The lowest BCUT2D eigenvalue weighted by atomic mass is 10.1. The smallest absolute Gasteiger partial charge is 0.270 e. The first-order chi connectivity index (χ1) is 10.9. The Kier molecular flexibility index (Phi) is 5.28. The van der Waals surface area contributed by atoms with Gasteiger partial charge in [-0.1, -0.05) is 0 Å². The van der Waals surface area contributed by atoms with E-state index in [-0.39, 0.29) is 29.3 Å². The zero-order valence-corrected chi connectivity index (χ0v) is 14.3. The molecule has 0 aliphatic heterocycles. The van der Waals surface area contributed by atoms with Crippen molar-refractivity contribution >= 4 is 39.9 Å². The quantitative estimate of drug-likeness (QED) is 0.450. The Hall–Kier alpha value is -2.48. The van der Waals surface area contributed by atoms with E-state index in [1.165, 1.54) is 12.1 Å². The standard InChI is InChI=1S/C14H12IN5O3/c1-9-12(15)8-17-19(9)5-4-14(21)18-13-3-2-11(20(22)23)6-10(13)7-16/h2-3,6,8H,4-5H2,1H3,(H,18,21). The van der Waals surface area contributed by atoms with Crippen molar-refractivity contribution in [2.75, 3.05) is 5.32 Å². The second-order valence-corrected chi connectivity index (χ2v) is 5.86. The van der Waals surface area contributed by atoms with Gasteiger partial charge in [-0.05, 0) is 35.6 Å². The number of non-ortho nitro benzene ring substituents is 1. The molecule has 0 saturated heterocycles. The minimum absolute atomic E-state index is 0.0531. The molecule has 9 heteroatoms. The van der Waals surface area contributed by atoms with E-state index in [1.54, 1.807) is 10.9 Å². The summed E-state index contributed by atoms with van der Waals surface area (Å²) in [6, 6.07) is 5.58. The number of nitriles is 1. The molecule has 0 unspecified atom stereocenters. The van der Waals surface area contributed by atoms with E-state index in [9.17, 15) is 14.9 Å². The van der Waals surface area contributed by atoms with Gasteiger partial charge >= 0.3 is 0 Å². The molecular weight excluding hydrogens is 413 g/mol. The zero-order chi connectivity index (χ0) is 17.0. The number of nitrogens with one attached hydrogen (secondary N) is 1.